The van der Waals surface area contributed by atoms with Crippen LogP contribution in [-0.2, 0) is 4.79 Å². The summed E-state index contributed by atoms with van der Waals surface area (Å²) in [5.41, 5.74) is 0.969. The molecule has 0 aliphatic heterocycles. The summed E-state index contributed by atoms with van der Waals surface area (Å²) in [6, 6.07) is 5.98. The van der Waals surface area contributed by atoms with Crippen molar-refractivity contribution < 1.29 is 4.79 Å². The minimum Gasteiger partial charge on any atom is -0.370 e. The van der Waals surface area contributed by atoms with E-state index in [4.69, 9.17) is 0 Å². The van der Waals surface area contributed by atoms with Crippen molar-refractivity contribution >= 4 is 11.7 Å². The van der Waals surface area contributed by atoms with Gasteiger partial charge in [0.25, 0.3) is 0 Å². The van der Waals surface area contributed by atoms with Gasteiger partial charge >= 0.3 is 0 Å². The Balaban J connectivity index is 2.28. The minimum absolute atomic E-state index is 0.0650. The van der Waals surface area contributed by atoms with E-state index in [1.165, 1.54) is 0 Å². The molecule has 16 heavy (non-hydrogen) atoms. The molecule has 0 bridgehead atoms. The van der Waals surface area contributed by atoms with Gasteiger partial charge in [0.05, 0.1) is 0 Å². The van der Waals surface area contributed by atoms with Crippen molar-refractivity contribution in [2.24, 2.45) is 0 Å². The second-order valence-corrected chi connectivity index (χ2v) is 4.06. The van der Waals surface area contributed by atoms with Crippen LogP contribution in [-0.4, -0.2) is 23.5 Å². The maximum Gasteiger partial charge on any atom is 0.221 e. The van der Waals surface area contributed by atoms with Gasteiger partial charge in [-0.3, -0.25) is 4.79 Å². The highest BCUT2D eigenvalue weighted by atomic mass is 16.1. The molecule has 1 aromatic heterocycles. The molecule has 0 saturated carbocycles. The Hall–Kier alpha value is -1.58. The molecule has 88 valence electrons. The number of amides is 1. The number of hydrogen-bond donors (Lipinski definition) is 2. The molecule has 4 nitrogen and oxygen atoms in total. The number of pyridine rings is 1. The van der Waals surface area contributed by atoms with Gasteiger partial charge in [0.15, 0.2) is 0 Å². The predicted molar refractivity (Wildman–Crippen MR) is 65.4 cm³/mol. The second-order valence-electron chi connectivity index (χ2n) is 4.06. The molecule has 0 atom stereocenters. The fraction of sp³-hybridized carbons (Fsp3) is 0.500. The molecule has 0 aromatic carbocycles. The van der Waals surface area contributed by atoms with Crippen LogP contribution in [0.4, 0.5) is 5.82 Å². The maximum atomic E-state index is 11.3. The predicted octanol–water partition coefficient (Wildman–Crippen LogP) is 1.72. The summed E-state index contributed by atoms with van der Waals surface area (Å²) >= 11 is 0. The quantitative estimate of drug-likeness (QED) is 0.796. The molecule has 0 fully saturated rings. The van der Waals surface area contributed by atoms with Crippen molar-refractivity contribution in [3.63, 3.8) is 0 Å². The van der Waals surface area contributed by atoms with Crippen molar-refractivity contribution in [2.45, 2.75) is 33.2 Å². The Morgan fingerprint density at radius 2 is 2.19 bits per heavy atom. The summed E-state index contributed by atoms with van der Waals surface area (Å²) in [5.74, 6) is 0.882. The lowest BCUT2D eigenvalue weighted by molar-refractivity contribution is -0.121. The third kappa shape index (κ3) is 4.77. The van der Waals surface area contributed by atoms with Crippen LogP contribution < -0.4 is 10.6 Å². The summed E-state index contributed by atoms with van der Waals surface area (Å²) in [6.07, 6.45) is 0.466. The maximum absolute atomic E-state index is 11.3. The topological polar surface area (TPSA) is 54.0 Å². The number of aromatic nitrogens is 1. The van der Waals surface area contributed by atoms with Crippen LogP contribution in [0.2, 0.25) is 0 Å². The SMILES string of the molecule is Cc1cccc(NCCC(=O)NC(C)C)n1. The van der Waals surface area contributed by atoms with Crippen molar-refractivity contribution in [3.8, 4) is 0 Å². The Morgan fingerprint density at radius 1 is 1.44 bits per heavy atom. The number of rotatable bonds is 5. The zero-order valence-corrected chi connectivity index (χ0v) is 10.1. The van der Waals surface area contributed by atoms with Gasteiger partial charge in [-0.25, -0.2) is 4.98 Å². The van der Waals surface area contributed by atoms with Crippen LogP contribution >= 0.6 is 0 Å². The highest BCUT2D eigenvalue weighted by Gasteiger charge is 2.02. The normalized spacial score (nSPS) is 10.2. The molecular formula is C12H19N3O. The van der Waals surface area contributed by atoms with Gasteiger partial charge in [0.1, 0.15) is 5.82 Å². The van der Waals surface area contributed by atoms with Crippen LogP contribution in [0.15, 0.2) is 18.2 Å². The Labute approximate surface area is 96.5 Å². The molecule has 1 aromatic rings. The second kappa shape index (κ2) is 6.10. The van der Waals surface area contributed by atoms with E-state index >= 15 is 0 Å². The van der Waals surface area contributed by atoms with Gasteiger partial charge in [0, 0.05) is 24.7 Å². The fourth-order valence-electron chi connectivity index (χ4n) is 1.34. The van der Waals surface area contributed by atoms with Gasteiger partial charge in [-0.15, -0.1) is 0 Å². The van der Waals surface area contributed by atoms with E-state index in [9.17, 15) is 4.79 Å². The van der Waals surface area contributed by atoms with E-state index in [0.29, 0.717) is 13.0 Å². The molecule has 1 amide bonds. The van der Waals surface area contributed by atoms with Crippen LogP contribution in [0.1, 0.15) is 26.0 Å². The van der Waals surface area contributed by atoms with Gasteiger partial charge in [0.2, 0.25) is 5.91 Å². The molecule has 1 rings (SSSR count). The summed E-state index contributed by atoms with van der Waals surface area (Å²) in [6.45, 7) is 6.45. The Morgan fingerprint density at radius 3 is 2.81 bits per heavy atom. The molecule has 0 saturated heterocycles. The third-order valence-corrected chi connectivity index (χ3v) is 2.00. The van der Waals surface area contributed by atoms with Crippen LogP contribution in [0.5, 0.6) is 0 Å². The standard InChI is InChI=1S/C12H19N3O/c1-9(2)14-12(16)7-8-13-11-6-4-5-10(3)15-11/h4-6,9H,7-8H2,1-3H3,(H,13,15)(H,14,16). The molecular weight excluding hydrogens is 202 g/mol. The van der Waals surface area contributed by atoms with E-state index in [1.807, 2.05) is 39.0 Å². The zero-order valence-electron chi connectivity index (χ0n) is 10.1. The lowest BCUT2D eigenvalue weighted by Gasteiger charge is -2.09. The third-order valence-electron chi connectivity index (χ3n) is 2.00. The lowest BCUT2D eigenvalue weighted by Crippen LogP contribution is -2.31. The molecule has 2 N–H and O–H groups in total. The van der Waals surface area contributed by atoms with Crippen LogP contribution in [0, 0.1) is 6.92 Å². The molecule has 1 heterocycles. The first-order valence-electron chi connectivity index (χ1n) is 5.55. The van der Waals surface area contributed by atoms with E-state index in [0.717, 1.165) is 11.5 Å². The van der Waals surface area contributed by atoms with Gasteiger partial charge in [-0.2, -0.15) is 0 Å². The highest BCUT2D eigenvalue weighted by Crippen LogP contribution is 2.03. The Bertz CT molecular complexity index is 350. The van der Waals surface area contributed by atoms with Gasteiger partial charge < -0.3 is 10.6 Å². The van der Waals surface area contributed by atoms with Crippen molar-refractivity contribution in [1.82, 2.24) is 10.3 Å². The first-order chi connectivity index (χ1) is 7.58. The first kappa shape index (κ1) is 12.5. The smallest absolute Gasteiger partial charge is 0.221 e. The number of carbonyl (C=O) groups excluding carboxylic acids is 1. The zero-order chi connectivity index (χ0) is 12.0. The first-order valence-corrected chi connectivity index (χ1v) is 5.55. The number of nitrogens with one attached hydrogen (secondary N) is 2. The van der Waals surface area contributed by atoms with E-state index in [1.54, 1.807) is 0 Å². The molecule has 0 unspecified atom stereocenters. The molecule has 0 spiro atoms. The van der Waals surface area contributed by atoms with Gasteiger partial charge in [-0.1, -0.05) is 6.07 Å². The molecule has 4 heteroatoms. The number of nitrogens with zero attached hydrogens (tertiary/aromatic N) is 1. The van der Waals surface area contributed by atoms with E-state index < -0.39 is 0 Å². The summed E-state index contributed by atoms with van der Waals surface area (Å²) < 4.78 is 0. The molecule has 0 aliphatic rings. The highest BCUT2D eigenvalue weighted by molar-refractivity contribution is 5.76. The van der Waals surface area contributed by atoms with Crippen LogP contribution in [0.3, 0.4) is 0 Å². The molecule has 0 aliphatic carbocycles. The monoisotopic (exact) mass is 221 g/mol. The average molecular weight is 221 g/mol. The van der Waals surface area contributed by atoms with Crippen molar-refractivity contribution in [1.29, 1.82) is 0 Å². The number of carbonyl (C=O) groups is 1. The summed E-state index contributed by atoms with van der Waals surface area (Å²) in [5, 5.41) is 5.96. The fourth-order valence-corrected chi connectivity index (χ4v) is 1.34. The summed E-state index contributed by atoms with van der Waals surface area (Å²) in [7, 11) is 0. The van der Waals surface area contributed by atoms with E-state index in [-0.39, 0.29) is 11.9 Å². The number of anilines is 1. The number of aryl methyl sites for hydroxylation is 1. The Kier molecular flexibility index (Phi) is 4.76. The van der Waals surface area contributed by atoms with Crippen molar-refractivity contribution in [3.05, 3.63) is 23.9 Å². The van der Waals surface area contributed by atoms with Crippen LogP contribution in [0.25, 0.3) is 0 Å². The lowest BCUT2D eigenvalue weighted by atomic mass is 10.3. The van der Waals surface area contributed by atoms with E-state index in [2.05, 4.69) is 15.6 Å². The number of hydrogen-bond acceptors (Lipinski definition) is 3. The summed E-state index contributed by atoms with van der Waals surface area (Å²) in [4.78, 5) is 15.6. The average Bonchev–Trinajstić information content (AvgIpc) is 2.16. The minimum atomic E-state index is 0.0650. The van der Waals surface area contributed by atoms with Gasteiger partial charge in [-0.05, 0) is 32.9 Å². The largest absolute Gasteiger partial charge is 0.370 e. The molecule has 0 radical (unpaired) electrons. The van der Waals surface area contributed by atoms with Crippen molar-refractivity contribution in [2.75, 3.05) is 11.9 Å².